The van der Waals surface area contributed by atoms with Crippen LogP contribution in [0.15, 0.2) is 47.1 Å². The Bertz CT molecular complexity index is 842. The third kappa shape index (κ3) is 4.67. The number of amides is 2. The lowest BCUT2D eigenvalue weighted by atomic mass is 9.96. The van der Waals surface area contributed by atoms with Crippen molar-refractivity contribution >= 4 is 23.2 Å². The molecule has 7 heteroatoms. The van der Waals surface area contributed by atoms with Gasteiger partial charge >= 0.3 is 0 Å². The minimum atomic E-state index is -0.209. The number of carbonyl (C=O) groups excluding carboxylic acids is 2. The molecule has 2 saturated heterocycles. The molecule has 2 amide bonds. The molecule has 0 spiro atoms. The number of anilines is 2. The lowest BCUT2D eigenvalue weighted by Crippen LogP contribution is -2.46. The molecule has 4 rings (SSSR count). The highest BCUT2D eigenvalue weighted by molar-refractivity contribution is 5.95. The summed E-state index contributed by atoms with van der Waals surface area (Å²) < 4.78 is 5.21. The number of likely N-dealkylation sites (N-methyl/N-ethyl adjacent to an activating group) is 1. The number of piperidine rings is 1. The molecule has 0 aliphatic carbocycles. The number of hydrogen-bond acceptors (Lipinski definition) is 5. The summed E-state index contributed by atoms with van der Waals surface area (Å²) in [5.74, 6) is -0.0628. The lowest BCUT2D eigenvalue weighted by molar-refractivity contribution is -0.121. The van der Waals surface area contributed by atoms with E-state index in [2.05, 4.69) is 34.2 Å². The van der Waals surface area contributed by atoms with E-state index in [0.29, 0.717) is 18.8 Å². The Morgan fingerprint density at radius 3 is 2.50 bits per heavy atom. The van der Waals surface area contributed by atoms with Crippen LogP contribution in [0.3, 0.4) is 0 Å². The molecule has 30 heavy (non-hydrogen) atoms. The van der Waals surface area contributed by atoms with Crippen LogP contribution in [0.4, 0.5) is 11.4 Å². The van der Waals surface area contributed by atoms with Crippen molar-refractivity contribution in [2.24, 2.45) is 5.92 Å². The summed E-state index contributed by atoms with van der Waals surface area (Å²) in [6, 6.07) is 11.4. The van der Waals surface area contributed by atoms with Gasteiger partial charge in [-0.1, -0.05) is 6.92 Å². The quantitative estimate of drug-likeness (QED) is 0.821. The minimum Gasteiger partial charge on any atom is -0.459 e. The SMILES string of the molecule is CCN1CCN(c2ccc(NC(=O)C3CCCN(C(=O)c4ccco4)C3)cc2)CC1. The summed E-state index contributed by atoms with van der Waals surface area (Å²) in [5.41, 5.74) is 1.99. The first-order chi connectivity index (χ1) is 14.6. The number of piperazine rings is 1. The topological polar surface area (TPSA) is 69.0 Å². The van der Waals surface area contributed by atoms with E-state index in [1.807, 2.05) is 12.1 Å². The normalized spacial score (nSPS) is 20.2. The second kappa shape index (κ2) is 9.34. The first kappa shape index (κ1) is 20.5. The van der Waals surface area contributed by atoms with Crippen molar-refractivity contribution in [2.45, 2.75) is 19.8 Å². The van der Waals surface area contributed by atoms with Gasteiger partial charge in [0.05, 0.1) is 12.2 Å². The van der Waals surface area contributed by atoms with Gasteiger partial charge in [0, 0.05) is 50.6 Å². The molecule has 0 saturated carbocycles. The Hall–Kier alpha value is -2.80. The van der Waals surface area contributed by atoms with Crippen LogP contribution in [0.2, 0.25) is 0 Å². The van der Waals surface area contributed by atoms with Gasteiger partial charge in [0.2, 0.25) is 5.91 Å². The third-order valence-electron chi connectivity index (χ3n) is 6.13. The highest BCUT2D eigenvalue weighted by Crippen LogP contribution is 2.23. The van der Waals surface area contributed by atoms with Crippen molar-refractivity contribution < 1.29 is 14.0 Å². The number of rotatable bonds is 5. The molecular weight excluding hydrogens is 380 g/mol. The summed E-state index contributed by atoms with van der Waals surface area (Å²) in [7, 11) is 0. The van der Waals surface area contributed by atoms with Gasteiger partial charge in [0.1, 0.15) is 0 Å². The fourth-order valence-corrected chi connectivity index (χ4v) is 4.25. The largest absolute Gasteiger partial charge is 0.459 e. The van der Waals surface area contributed by atoms with E-state index in [0.717, 1.165) is 51.3 Å². The molecule has 1 unspecified atom stereocenters. The zero-order chi connectivity index (χ0) is 20.9. The van der Waals surface area contributed by atoms with Gasteiger partial charge in [-0.15, -0.1) is 0 Å². The zero-order valence-corrected chi connectivity index (χ0v) is 17.5. The summed E-state index contributed by atoms with van der Waals surface area (Å²) in [6.07, 6.45) is 3.09. The van der Waals surface area contributed by atoms with Gasteiger partial charge in [-0.05, 0) is 55.8 Å². The van der Waals surface area contributed by atoms with Crippen LogP contribution in [0.1, 0.15) is 30.3 Å². The maximum Gasteiger partial charge on any atom is 0.289 e. The van der Waals surface area contributed by atoms with E-state index in [4.69, 9.17) is 4.42 Å². The predicted molar refractivity (Wildman–Crippen MR) is 117 cm³/mol. The smallest absolute Gasteiger partial charge is 0.289 e. The first-order valence-electron chi connectivity index (χ1n) is 10.8. The van der Waals surface area contributed by atoms with Crippen LogP contribution in [-0.2, 0) is 4.79 Å². The van der Waals surface area contributed by atoms with Crippen LogP contribution >= 0.6 is 0 Å². The summed E-state index contributed by atoms with van der Waals surface area (Å²) in [6.45, 7) is 8.61. The molecule has 3 heterocycles. The van der Waals surface area contributed by atoms with E-state index < -0.39 is 0 Å². The molecule has 2 aliphatic heterocycles. The number of carbonyl (C=O) groups is 2. The maximum atomic E-state index is 12.8. The number of nitrogens with one attached hydrogen (secondary N) is 1. The summed E-state index contributed by atoms with van der Waals surface area (Å²) >= 11 is 0. The Kier molecular flexibility index (Phi) is 6.38. The van der Waals surface area contributed by atoms with E-state index in [9.17, 15) is 9.59 Å². The van der Waals surface area contributed by atoms with E-state index in [-0.39, 0.29) is 17.7 Å². The predicted octanol–water partition coefficient (Wildman–Crippen LogP) is 2.91. The van der Waals surface area contributed by atoms with Gasteiger partial charge in [0.25, 0.3) is 5.91 Å². The van der Waals surface area contributed by atoms with Crippen molar-refractivity contribution in [3.63, 3.8) is 0 Å². The minimum absolute atomic E-state index is 0.0312. The highest BCUT2D eigenvalue weighted by Gasteiger charge is 2.30. The van der Waals surface area contributed by atoms with Crippen molar-refractivity contribution in [3.8, 4) is 0 Å². The lowest BCUT2D eigenvalue weighted by Gasteiger charge is -2.35. The molecule has 7 nitrogen and oxygen atoms in total. The van der Waals surface area contributed by atoms with Gasteiger partial charge in [-0.2, -0.15) is 0 Å². The number of nitrogens with zero attached hydrogens (tertiary/aromatic N) is 3. The third-order valence-corrected chi connectivity index (χ3v) is 6.13. The monoisotopic (exact) mass is 410 g/mol. The van der Waals surface area contributed by atoms with Crippen LogP contribution in [-0.4, -0.2) is 67.4 Å². The average Bonchev–Trinajstić information content (AvgIpc) is 3.34. The number of hydrogen-bond donors (Lipinski definition) is 1. The van der Waals surface area contributed by atoms with Gasteiger partial charge in [-0.25, -0.2) is 0 Å². The van der Waals surface area contributed by atoms with Crippen molar-refractivity contribution in [1.29, 1.82) is 0 Å². The molecule has 0 bridgehead atoms. The van der Waals surface area contributed by atoms with Crippen LogP contribution < -0.4 is 10.2 Å². The zero-order valence-electron chi connectivity index (χ0n) is 17.5. The average molecular weight is 411 g/mol. The number of likely N-dealkylation sites (tertiary alicyclic amines) is 1. The number of benzene rings is 1. The highest BCUT2D eigenvalue weighted by atomic mass is 16.3. The fourth-order valence-electron chi connectivity index (χ4n) is 4.25. The second-order valence-electron chi connectivity index (χ2n) is 8.03. The van der Waals surface area contributed by atoms with Crippen molar-refractivity contribution in [2.75, 3.05) is 56.0 Å². The molecular formula is C23H30N4O3. The second-order valence-corrected chi connectivity index (χ2v) is 8.03. The van der Waals surface area contributed by atoms with E-state index >= 15 is 0 Å². The van der Waals surface area contributed by atoms with Gasteiger partial charge < -0.3 is 24.4 Å². The fraction of sp³-hybridized carbons (Fsp3) is 0.478. The molecule has 160 valence electrons. The Morgan fingerprint density at radius 1 is 1.07 bits per heavy atom. The molecule has 0 radical (unpaired) electrons. The van der Waals surface area contributed by atoms with Crippen LogP contribution in [0.5, 0.6) is 0 Å². The Labute approximate surface area is 177 Å². The molecule has 1 N–H and O–H groups in total. The maximum absolute atomic E-state index is 12.8. The van der Waals surface area contributed by atoms with Crippen LogP contribution in [0, 0.1) is 5.92 Å². The Balaban J connectivity index is 1.31. The molecule has 2 fully saturated rings. The molecule has 1 atom stereocenters. The molecule has 2 aliphatic rings. The molecule has 2 aromatic rings. The van der Waals surface area contributed by atoms with Gasteiger partial charge in [-0.3, -0.25) is 9.59 Å². The van der Waals surface area contributed by atoms with E-state index in [1.165, 1.54) is 12.0 Å². The summed E-state index contributed by atoms with van der Waals surface area (Å²) in [5, 5.41) is 3.03. The Morgan fingerprint density at radius 2 is 1.83 bits per heavy atom. The van der Waals surface area contributed by atoms with Crippen molar-refractivity contribution in [3.05, 3.63) is 48.4 Å². The standard InChI is InChI=1S/C23H30N4O3/c1-2-25-12-14-26(15-13-25)20-9-7-19(8-10-20)24-22(28)18-5-3-11-27(17-18)23(29)21-6-4-16-30-21/h4,6-10,16,18H,2-3,5,11-15,17H2,1H3,(H,24,28). The van der Waals surface area contributed by atoms with Crippen LogP contribution in [0.25, 0.3) is 0 Å². The van der Waals surface area contributed by atoms with Crippen molar-refractivity contribution in [1.82, 2.24) is 9.80 Å². The summed E-state index contributed by atoms with van der Waals surface area (Å²) in [4.78, 5) is 31.9. The first-order valence-corrected chi connectivity index (χ1v) is 10.8. The molecule has 1 aromatic carbocycles. The van der Waals surface area contributed by atoms with Gasteiger partial charge in [0.15, 0.2) is 5.76 Å². The molecule has 1 aromatic heterocycles. The van der Waals surface area contributed by atoms with E-state index in [1.54, 1.807) is 17.0 Å². The number of furan rings is 1.